The Kier molecular flexibility index (Phi) is 3.69. The van der Waals surface area contributed by atoms with Gasteiger partial charge in [0, 0.05) is 5.56 Å². The van der Waals surface area contributed by atoms with Crippen LogP contribution in [0.15, 0.2) is 48.5 Å². The standard InChI is InChI=1S/C16H12ClNO5/c1-22-11-8-6-10(7-9-11)15-16(17,18(20)21)14(19)12-4-2-3-5-13(12)23-15/h2-9,15H,1H3. The summed E-state index contributed by atoms with van der Waals surface area (Å²) in [4.78, 5) is 20.9. The number of carbonyl (C=O) groups is 1. The number of nitro groups is 1. The molecule has 2 unspecified atom stereocenters. The number of carbonyl (C=O) groups excluding carboxylic acids is 1. The third-order valence-corrected chi connectivity index (χ3v) is 4.23. The molecule has 0 fully saturated rings. The zero-order chi connectivity index (χ0) is 16.6. The number of alkyl halides is 1. The Labute approximate surface area is 136 Å². The normalized spacial score (nSPS) is 22.9. The molecule has 0 radical (unpaired) electrons. The lowest BCUT2D eigenvalue weighted by Crippen LogP contribution is -2.51. The third kappa shape index (κ3) is 2.31. The number of methoxy groups -OCH3 is 1. The number of halogens is 1. The Morgan fingerprint density at radius 1 is 1.22 bits per heavy atom. The van der Waals surface area contributed by atoms with Crippen LogP contribution < -0.4 is 9.47 Å². The van der Waals surface area contributed by atoms with Crippen molar-refractivity contribution in [1.29, 1.82) is 0 Å². The molecule has 6 nitrogen and oxygen atoms in total. The number of hydrogen-bond donors (Lipinski definition) is 0. The summed E-state index contributed by atoms with van der Waals surface area (Å²) in [5.74, 6) is 0.0702. The fourth-order valence-corrected chi connectivity index (χ4v) is 2.79. The zero-order valence-corrected chi connectivity index (χ0v) is 12.8. The minimum absolute atomic E-state index is 0.101. The van der Waals surface area contributed by atoms with Gasteiger partial charge in [0.25, 0.3) is 5.78 Å². The summed E-state index contributed by atoms with van der Waals surface area (Å²) in [7, 11) is 1.51. The fourth-order valence-electron chi connectivity index (χ4n) is 2.52. The summed E-state index contributed by atoms with van der Waals surface area (Å²) >= 11 is 6.16. The maximum absolute atomic E-state index is 12.6. The molecule has 0 spiro atoms. The first-order chi connectivity index (χ1) is 11.0. The molecule has 7 heteroatoms. The number of ether oxygens (including phenoxy) is 2. The third-order valence-electron chi connectivity index (χ3n) is 3.73. The summed E-state index contributed by atoms with van der Waals surface area (Å²) in [5, 5.41) is 11.6. The van der Waals surface area contributed by atoms with E-state index in [1.165, 1.54) is 13.2 Å². The van der Waals surface area contributed by atoms with Crippen molar-refractivity contribution in [3.05, 3.63) is 69.8 Å². The van der Waals surface area contributed by atoms with Gasteiger partial charge >= 0.3 is 5.00 Å². The summed E-state index contributed by atoms with van der Waals surface area (Å²) < 4.78 is 10.8. The molecule has 1 aliphatic heterocycles. The largest absolute Gasteiger partial charge is 0.497 e. The first-order valence-corrected chi connectivity index (χ1v) is 7.14. The highest BCUT2D eigenvalue weighted by Crippen LogP contribution is 2.45. The summed E-state index contributed by atoms with van der Waals surface area (Å²) in [6.45, 7) is 0. The van der Waals surface area contributed by atoms with Gasteiger partial charge < -0.3 is 9.47 Å². The van der Waals surface area contributed by atoms with Crippen LogP contribution in [0.4, 0.5) is 0 Å². The summed E-state index contributed by atoms with van der Waals surface area (Å²) in [5.41, 5.74) is 0.518. The van der Waals surface area contributed by atoms with Crippen LogP contribution in [-0.4, -0.2) is 22.8 Å². The van der Waals surface area contributed by atoms with Gasteiger partial charge in [-0.05, 0) is 35.9 Å². The number of benzene rings is 2. The molecule has 2 aromatic carbocycles. The predicted octanol–water partition coefficient (Wildman–Crippen LogP) is 3.22. The first kappa shape index (κ1) is 15.3. The van der Waals surface area contributed by atoms with Gasteiger partial charge in [-0.25, -0.2) is 0 Å². The van der Waals surface area contributed by atoms with Gasteiger partial charge in [0.15, 0.2) is 0 Å². The Bertz CT molecular complexity index is 776. The monoisotopic (exact) mass is 333 g/mol. The van der Waals surface area contributed by atoms with Crippen LogP contribution in [0.3, 0.4) is 0 Å². The first-order valence-electron chi connectivity index (χ1n) is 6.76. The van der Waals surface area contributed by atoms with Crippen LogP contribution in [-0.2, 0) is 0 Å². The Hall–Kier alpha value is -2.60. The number of para-hydroxylation sites is 1. The minimum atomic E-state index is -2.41. The lowest BCUT2D eigenvalue weighted by Gasteiger charge is -2.32. The van der Waals surface area contributed by atoms with E-state index < -0.39 is 21.8 Å². The fraction of sp³-hybridized carbons (Fsp3) is 0.188. The second-order valence-electron chi connectivity index (χ2n) is 5.03. The van der Waals surface area contributed by atoms with Gasteiger partial charge in [0.1, 0.15) is 11.5 Å². The van der Waals surface area contributed by atoms with E-state index in [4.69, 9.17) is 21.1 Å². The molecule has 0 saturated carbocycles. The van der Waals surface area contributed by atoms with Gasteiger partial charge in [0.05, 0.1) is 17.6 Å². The van der Waals surface area contributed by atoms with E-state index in [1.54, 1.807) is 42.5 Å². The Balaban J connectivity index is 2.13. The minimum Gasteiger partial charge on any atom is -0.497 e. The molecule has 3 rings (SSSR count). The molecule has 0 amide bonds. The molecule has 1 heterocycles. The number of rotatable bonds is 3. The van der Waals surface area contributed by atoms with Gasteiger partial charge in [0.2, 0.25) is 6.10 Å². The lowest BCUT2D eigenvalue weighted by molar-refractivity contribution is -0.536. The van der Waals surface area contributed by atoms with Gasteiger partial charge in [-0.3, -0.25) is 14.9 Å². The highest BCUT2D eigenvalue weighted by atomic mass is 35.5. The summed E-state index contributed by atoms with van der Waals surface area (Å²) in [6, 6.07) is 12.8. The van der Waals surface area contributed by atoms with E-state index in [2.05, 4.69) is 0 Å². The van der Waals surface area contributed by atoms with Crippen LogP contribution in [0.5, 0.6) is 11.5 Å². The molecular weight excluding hydrogens is 322 g/mol. The molecule has 2 atom stereocenters. The Morgan fingerprint density at radius 3 is 2.48 bits per heavy atom. The second-order valence-corrected chi connectivity index (χ2v) is 5.60. The molecule has 0 aromatic heterocycles. The van der Waals surface area contributed by atoms with Crippen LogP contribution in [0.1, 0.15) is 22.0 Å². The topological polar surface area (TPSA) is 78.7 Å². The van der Waals surface area contributed by atoms with Crippen molar-refractivity contribution < 1.29 is 19.2 Å². The number of hydrogen-bond acceptors (Lipinski definition) is 5. The van der Waals surface area contributed by atoms with E-state index in [0.29, 0.717) is 11.3 Å². The number of ketones is 1. The molecule has 23 heavy (non-hydrogen) atoms. The average Bonchev–Trinajstić information content (AvgIpc) is 2.58. The maximum atomic E-state index is 12.6. The van der Waals surface area contributed by atoms with Crippen LogP contribution in [0, 0.1) is 10.1 Å². The van der Waals surface area contributed by atoms with Crippen molar-refractivity contribution in [3.63, 3.8) is 0 Å². The number of nitrogens with zero attached hydrogens (tertiary/aromatic N) is 1. The van der Waals surface area contributed by atoms with Gasteiger partial charge in [-0.1, -0.05) is 24.3 Å². The second kappa shape index (κ2) is 5.55. The highest BCUT2D eigenvalue weighted by Gasteiger charge is 2.62. The van der Waals surface area contributed by atoms with E-state index in [9.17, 15) is 14.9 Å². The van der Waals surface area contributed by atoms with Crippen molar-refractivity contribution in [2.75, 3.05) is 7.11 Å². The van der Waals surface area contributed by atoms with Crippen LogP contribution in [0.25, 0.3) is 0 Å². The SMILES string of the molecule is COc1ccc(C2Oc3ccccc3C(=O)C2(Cl)[N+](=O)[O-])cc1. The van der Waals surface area contributed by atoms with Crippen LogP contribution in [0.2, 0.25) is 0 Å². The van der Waals surface area contributed by atoms with E-state index in [1.807, 2.05) is 0 Å². The van der Waals surface area contributed by atoms with E-state index in [0.717, 1.165) is 0 Å². The van der Waals surface area contributed by atoms with Gasteiger partial charge in [-0.2, -0.15) is 0 Å². The maximum Gasteiger partial charge on any atom is 0.397 e. The predicted molar refractivity (Wildman–Crippen MR) is 82.7 cm³/mol. The average molecular weight is 334 g/mol. The smallest absolute Gasteiger partial charge is 0.397 e. The van der Waals surface area contributed by atoms with Crippen molar-refractivity contribution in [3.8, 4) is 11.5 Å². The molecule has 118 valence electrons. The molecule has 0 aliphatic carbocycles. The van der Waals surface area contributed by atoms with Crippen molar-refractivity contribution >= 4 is 17.4 Å². The molecule has 0 N–H and O–H groups in total. The molecule has 0 bridgehead atoms. The quantitative estimate of drug-likeness (QED) is 0.373. The lowest BCUT2D eigenvalue weighted by atomic mass is 9.91. The summed E-state index contributed by atoms with van der Waals surface area (Å²) in [6.07, 6.45) is -1.24. The van der Waals surface area contributed by atoms with Crippen molar-refractivity contribution in [2.45, 2.75) is 11.1 Å². The van der Waals surface area contributed by atoms with E-state index in [-0.39, 0.29) is 11.3 Å². The van der Waals surface area contributed by atoms with Crippen molar-refractivity contribution in [2.24, 2.45) is 0 Å². The zero-order valence-electron chi connectivity index (χ0n) is 12.1. The number of fused-ring (bicyclic) bond motifs is 1. The van der Waals surface area contributed by atoms with Crippen LogP contribution >= 0.6 is 11.6 Å². The molecule has 1 aliphatic rings. The molecule has 2 aromatic rings. The van der Waals surface area contributed by atoms with E-state index >= 15 is 0 Å². The highest BCUT2D eigenvalue weighted by molar-refractivity contribution is 6.37. The molecular formula is C16H12ClNO5. The van der Waals surface area contributed by atoms with Gasteiger partial charge in [-0.15, -0.1) is 0 Å². The van der Waals surface area contributed by atoms with Crippen molar-refractivity contribution in [1.82, 2.24) is 0 Å². The Morgan fingerprint density at radius 2 is 1.87 bits per heavy atom. The molecule has 0 saturated heterocycles. The number of Topliss-reactive ketones (excluding diaryl/α,β-unsaturated/α-hetero) is 1.